The molecule has 8 heteroatoms. The zero-order valence-corrected chi connectivity index (χ0v) is 17.6. The molecule has 0 N–H and O–H groups in total. The Bertz CT molecular complexity index is 1220. The number of methoxy groups -OCH3 is 1. The van der Waals surface area contributed by atoms with Gasteiger partial charge in [0.15, 0.2) is 5.16 Å². The van der Waals surface area contributed by atoms with E-state index in [4.69, 9.17) is 16.3 Å². The van der Waals surface area contributed by atoms with Crippen LogP contribution in [-0.2, 0) is 12.2 Å². The van der Waals surface area contributed by atoms with Crippen LogP contribution in [0.15, 0.2) is 64.8 Å². The Kier molecular flexibility index (Phi) is 5.60. The minimum Gasteiger partial charge on any atom is -0.497 e. The van der Waals surface area contributed by atoms with Gasteiger partial charge in [-0.2, -0.15) is 0 Å². The lowest BCUT2D eigenvalue weighted by atomic mass is 10.1. The maximum atomic E-state index is 13.0. The molecule has 0 aliphatic heterocycles. The number of benzene rings is 2. The van der Waals surface area contributed by atoms with E-state index in [0.29, 0.717) is 15.9 Å². The molecule has 2 aromatic carbocycles. The number of ether oxygens (including phenoxy) is 1. The van der Waals surface area contributed by atoms with E-state index in [1.807, 2.05) is 55.6 Å². The molecule has 0 saturated heterocycles. The lowest BCUT2D eigenvalue weighted by Crippen LogP contribution is -2.21. The van der Waals surface area contributed by atoms with Crippen molar-refractivity contribution in [3.63, 3.8) is 0 Å². The second-order valence-electron chi connectivity index (χ2n) is 6.38. The minimum absolute atomic E-state index is 0.228. The number of thioether (sulfide) groups is 1. The summed E-state index contributed by atoms with van der Waals surface area (Å²) >= 11 is 7.84. The van der Waals surface area contributed by atoms with Crippen LogP contribution in [0.25, 0.3) is 11.3 Å². The number of nitrogens with zero attached hydrogens (tertiary/aromatic N) is 4. The van der Waals surface area contributed by atoms with Gasteiger partial charge in [0.1, 0.15) is 5.75 Å². The molecule has 0 aliphatic carbocycles. The first-order valence-electron chi connectivity index (χ1n) is 9.12. The molecule has 0 spiro atoms. The molecule has 0 saturated carbocycles. The summed E-state index contributed by atoms with van der Waals surface area (Å²) in [5.74, 6) is 1.53. The Hall–Kier alpha value is -2.77. The predicted molar refractivity (Wildman–Crippen MR) is 116 cm³/mol. The molecule has 29 heavy (non-hydrogen) atoms. The molecule has 4 rings (SSSR count). The van der Waals surface area contributed by atoms with Crippen molar-refractivity contribution < 1.29 is 4.74 Å². The Morgan fingerprint density at radius 3 is 2.62 bits per heavy atom. The molecule has 0 bridgehead atoms. The topological polar surface area (TPSA) is 61.4 Å². The average molecular weight is 427 g/mol. The molecule has 6 nitrogen and oxygen atoms in total. The van der Waals surface area contributed by atoms with Crippen LogP contribution >= 0.6 is 23.4 Å². The molecule has 2 aromatic heterocycles. The van der Waals surface area contributed by atoms with Gasteiger partial charge < -0.3 is 4.74 Å². The molecule has 2 heterocycles. The first-order valence-corrected chi connectivity index (χ1v) is 10.5. The SMILES string of the molecule is CCc1c(Cl)cccc1-n1ccn2c(SCc3ccc(OC)cc3)nnc2c1=O. The van der Waals surface area contributed by atoms with E-state index in [1.54, 1.807) is 22.3 Å². The molecule has 0 radical (unpaired) electrons. The van der Waals surface area contributed by atoms with E-state index >= 15 is 0 Å². The van der Waals surface area contributed by atoms with Gasteiger partial charge in [0, 0.05) is 23.2 Å². The summed E-state index contributed by atoms with van der Waals surface area (Å²) in [6.45, 7) is 2.01. The Morgan fingerprint density at radius 1 is 1.10 bits per heavy atom. The van der Waals surface area contributed by atoms with Crippen LogP contribution in [0, 0.1) is 0 Å². The fourth-order valence-corrected chi connectivity index (χ4v) is 4.32. The molecule has 4 aromatic rings. The van der Waals surface area contributed by atoms with Crippen molar-refractivity contribution in [3.8, 4) is 11.4 Å². The zero-order valence-electron chi connectivity index (χ0n) is 16.0. The third-order valence-corrected chi connectivity index (χ3v) is 6.04. The predicted octanol–water partition coefficient (Wildman–Crippen LogP) is 4.40. The van der Waals surface area contributed by atoms with Crippen LogP contribution in [-0.4, -0.2) is 26.3 Å². The quantitative estimate of drug-likeness (QED) is 0.428. The van der Waals surface area contributed by atoms with Crippen molar-refractivity contribution >= 4 is 29.0 Å². The molecule has 0 aliphatic rings. The summed E-state index contributed by atoms with van der Waals surface area (Å²) in [5, 5.41) is 9.66. The van der Waals surface area contributed by atoms with E-state index in [9.17, 15) is 4.79 Å². The van der Waals surface area contributed by atoms with Gasteiger partial charge in [-0.1, -0.05) is 48.5 Å². The molecular formula is C21H19ClN4O2S. The van der Waals surface area contributed by atoms with Crippen LogP contribution < -0.4 is 10.3 Å². The smallest absolute Gasteiger partial charge is 0.300 e. The summed E-state index contributed by atoms with van der Waals surface area (Å²) in [5.41, 5.74) is 2.88. The van der Waals surface area contributed by atoms with Gasteiger partial charge in [-0.15, -0.1) is 10.2 Å². The molecule has 0 amide bonds. The summed E-state index contributed by atoms with van der Waals surface area (Å²) in [7, 11) is 1.64. The second-order valence-corrected chi connectivity index (χ2v) is 7.73. The van der Waals surface area contributed by atoms with Crippen LogP contribution in [0.3, 0.4) is 0 Å². The third kappa shape index (κ3) is 3.75. The second kappa shape index (κ2) is 8.31. The number of hydrogen-bond donors (Lipinski definition) is 0. The largest absolute Gasteiger partial charge is 0.497 e. The van der Waals surface area contributed by atoms with Crippen molar-refractivity contribution in [2.45, 2.75) is 24.3 Å². The number of hydrogen-bond acceptors (Lipinski definition) is 5. The zero-order chi connectivity index (χ0) is 20.4. The van der Waals surface area contributed by atoms with Gasteiger partial charge in [-0.05, 0) is 41.8 Å². The summed E-state index contributed by atoms with van der Waals surface area (Å²) in [6, 6.07) is 13.4. The van der Waals surface area contributed by atoms with Crippen LogP contribution in [0.5, 0.6) is 5.75 Å². The highest BCUT2D eigenvalue weighted by atomic mass is 35.5. The van der Waals surface area contributed by atoms with Gasteiger partial charge in [0.05, 0.1) is 12.8 Å². The van der Waals surface area contributed by atoms with Gasteiger partial charge in [0.2, 0.25) is 5.65 Å². The van der Waals surface area contributed by atoms with E-state index < -0.39 is 0 Å². The number of fused-ring (bicyclic) bond motifs is 1. The molecule has 0 fully saturated rings. The van der Waals surface area contributed by atoms with E-state index in [0.717, 1.165) is 29.0 Å². The Morgan fingerprint density at radius 2 is 1.90 bits per heavy atom. The highest BCUT2D eigenvalue weighted by Gasteiger charge is 2.14. The van der Waals surface area contributed by atoms with Crippen molar-refractivity contribution in [3.05, 3.63) is 81.4 Å². The lowest BCUT2D eigenvalue weighted by molar-refractivity contribution is 0.414. The van der Waals surface area contributed by atoms with Gasteiger partial charge in [-0.25, -0.2) is 0 Å². The normalized spacial score (nSPS) is 11.1. The van der Waals surface area contributed by atoms with E-state index in [-0.39, 0.29) is 11.2 Å². The first kappa shape index (κ1) is 19.5. The standard InChI is InChI=1S/C21H19ClN4O2S/c1-3-16-17(22)5-4-6-18(16)25-11-12-26-19(20(25)27)23-24-21(26)29-13-14-7-9-15(28-2)10-8-14/h4-12H,3,13H2,1-2H3. The van der Waals surface area contributed by atoms with E-state index in [1.165, 1.54) is 11.8 Å². The fourth-order valence-electron chi connectivity index (χ4n) is 3.15. The van der Waals surface area contributed by atoms with E-state index in [2.05, 4.69) is 10.2 Å². The highest BCUT2D eigenvalue weighted by molar-refractivity contribution is 7.98. The monoisotopic (exact) mass is 426 g/mol. The van der Waals surface area contributed by atoms with Crippen molar-refractivity contribution in [1.29, 1.82) is 0 Å². The number of aromatic nitrogens is 4. The maximum absolute atomic E-state index is 13.0. The average Bonchev–Trinajstić information content (AvgIpc) is 3.17. The number of rotatable bonds is 6. The Labute approximate surface area is 177 Å². The molecule has 0 atom stereocenters. The van der Waals surface area contributed by atoms with Gasteiger partial charge >= 0.3 is 5.56 Å². The summed E-state index contributed by atoms with van der Waals surface area (Å²) < 4.78 is 8.48. The van der Waals surface area contributed by atoms with Gasteiger partial charge in [-0.3, -0.25) is 13.8 Å². The summed E-state index contributed by atoms with van der Waals surface area (Å²) in [6.07, 6.45) is 4.27. The minimum atomic E-state index is -0.228. The Balaban J connectivity index is 1.66. The van der Waals surface area contributed by atoms with Crippen LogP contribution in [0.1, 0.15) is 18.1 Å². The van der Waals surface area contributed by atoms with Crippen LogP contribution in [0.2, 0.25) is 5.02 Å². The first-order chi connectivity index (χ1) is 14.1. The van der Waals surface area contributed by atoms with Gasteiger partial charge in [0.25, 0.3) is 0 Å². The van der Waals surface area contributed by atoms with Crippen molar-refractivity contribution in [2.75, 3.05) is 7.11 Å². The molecule has 0 unspecified atom stereocenters. The number of halogens is 1. The lowest BCUT2D eigenvalue weighted by Gasteiger charge is -2.12. The van der Waals surface area contributed by atoms with Crippen molar-refractivity contribution in [1.82, 2.24) is 19.2 Å². The van der Waals surface area contributed by atoms with Crippen LogP contribution in [0.4, 0.5) is 0 Å². The fraction of sp³-hybridized carbons (Fsp3) is 0.190. The molecular weight excluding hydrogens is 408 g/mol. The molecule has 148 valence electrons. The summed E-state index contributed by atoms with van der Waals surface area (Å²) in [4.78, 5) is 13.0. The third-order valence-electron chi connectivity index (χ3n) is 4.67. The highest BCUT2D eigenvalue weighted by Crippen LogP contribution is 2.25. The maximum Gasteiger partial charge on any atom is 0.300 e. The van der Waals surface area contributed by atoms with Crippen molar-refractivity contribution in [2.24, 2.45) is 0 Å².